The van der Waals surface area contributed by atoms with Crippen LogP contribution < -0.4 is 4.90 Å². The smallest absolute Gasteiger partial charge is 0.360 e. The molecule has 0 aliphatic carbocycles. The lowest BCUT2D eigenvalue weighted by molar-refractivity contribution is -0.141. The van der Waals surface area contributed by atoms with Crippen molar-refractivity contribution in [1.29, 1.82) is 0 Å². The summed E-state index contributed by atoms with van der Waals surface area (Å²) in [6, 6.07) is 17.0. The van der Waals surface area contributed by atoms with E-state index >= 15 is 0 Å². The molecular weight excluding hydrogens is 358 g/mol. The molecule has 4 rings (SSSR count). The molecule has 0 saturated heterocycles. The Morgan fingerprint density at radius 1 is 1.00 bits per heavy atom. The summed E-state index contributed by atoms with van der Waals surface area (Å²) in [6.07, 6.45) is 1.72. The SMILES string of the molecule is COC(=O)CC1c2ccccc2-n2cnc(C(=O)OC)c2N1c1ccccc1. The predicted octanol–water partition coefficient (Wildman–Crippen LogP) is 3.41. The first kappa shape index (κ1) is 17.8. The molecule has 1 atom stereocenters. The lowest BCUT2D eigenvalue weighted by Gasteiger charge is -2.39. The summed E-state index contributed by atoms with van der Waals surface area (Å²) >= 11 is 0. The molecular formula is C21H19N3O4. The van der Waals surface area contributed by atoms with E-state index in [-0.39, 0.29) is 24.1 Å². The first-order chi connectivity index (χ1) is 13.7. The monoisotopic (exact) mass is 377 g/mol. The first-order valence-electron chi connectivity index (χ1n) is 8.81. The van der Waals surface area contributed by atoms with Crippen molar-refractivity contribution >= 4 is 23.4 Å². The Kier molecular flexibility index (Phi) is 4.57. The van der Waals surface area contributed by atoms with Crippen molar-refractivity contribution in [2.75, 3.05) is 19.1 Å². The molecule has 0 amide bonds. The highest BCUT2D eigenvalue weighted by molar-refractivity contribution is 5.95. The van der Waals surface area contributed by atoms with E-state index in [1.165, 1.54) is 14.2 Å². The number of ether oxygens (including phenoxy) is 2. The second-order valence-electron chi connectivity index (χ2n) is 6.34. The normalized spacial score (nSPS) is 14.8. The molecule has 1 aliphatic heterocycles. The van der Waals surface area contributed by atoms with Crippen LogP contribution in [0, 0.1) is 0 Å². The topological polar surface area (TPSA) is 73.7 Å². The van der Waals surface area contributed by atoms with E-state index in [0.717, 1.165) is 16.9 Å². The minimum atomic E-state index is -0.536. The molecule has 0 bridgehead atoms. The molecule has 7 nitrogen and oxygen atoms in total. The van der Waals surface area contributed by atoms with E-state index in [9.17, 15) is 9.59 Å². The van der Waals surface area contributed by atoms with Gasteiger partial charge in [-0.3, -0.25) is 9.36 Å². The number of carbonyl (C=O) groups is 2. The van der Waals surface area contributed by atoms with Gasteiger partial charge in [-0.15, -0.1) is 0 Å². The highest BCUT2D eigenvalue weighted by Crippen LogP contribution is 2.45. The quantitative estimate of drug-likeness (QED) is 0.649. The van der Waals surface area contributed by atoms with Gasteiger partial charge in [-0.1, -0.05) is 36.4 Å². The zero-order valence-corrected chi connectivity index (χ0v) is 15.5. The average molecular weight is 377 g/mol. The Morgan fingerprint density at radius 2 is 1.71 bits per heavy atom. The van der Waals surface area contributed by atoms with Crippen molar-refractivity contribution in [3.8, 4) is 5.69 Å². The van der Waals surface area contributed by atoms with Gasteiger partial charge in [-0.2, -0.15) is 0 Å². The van der Waals surface area contributed by atoms with Crippen LogP contribution in [-0.2, 0) is 14.3 Å². The molecule has 2 aromatic carbocycles. The predicted molar refractivity (Wildman–Crippen MR) is 103 cm³/mol. The molecule has 0 fully saturated rings. The van der Waals surface area contributed by atoms with Crippen LogP contribution in [0.15, 0.2) is 60.9 Å². The first-order valence-corrected chi connectivity index (χ1v) is 8.81. The summed E-state index contributed by atoms with van der Waals surface area (Å²) < 4.78 is 11.7. The second-order valence-corrected chi connectivity index (χ2v) is 6.34. The minimum absolute atomic E-state index is 0.119. The van der Waals surface area contributed by atoms with E-state index in [2.05, 4.69) is 4.98 Å². The maximum Gasteiger partial charge on any atom is 0.360 e. The fourth-order valence-corrected chi connectivity index (χ4v) is 3.60. The van der Waals surface area contributed by atoms with Crippen molar-refractivity contribution in [2.24, 2.45) is 0 Å². The number of fused-ring (bicyclic) bond motifs is 3. The summed E-state index contributed by atoms with van der Waals surface area (Å²) in [5, 5.41) is 0. The molecule has 0 saturated carbocycles. The Labute approximate surface area is 162 Å². The summed E-state index contributed by atoms with van der Waals surface area (Å²) in [4.78, 5) is 30.9. The summed E-state index contributed by atoms with van der Waals surface area (Å²) in [5.41, 5.74) is 2.83. The van der Waals surface area contributed by atoms with E-state index in [0.29, 0.717) is 5.82 Å². The molecule has 0 spiro atoms. The number of para-hydroxylation sites is 2. The highest BCUT2D eigenvalue weighted by atomic mass is 16.5. The number of imidazole rings is 1. The fourth-order valence-electron chi connectivity index (χ4n) is 3.60. The summed E-state index contributed by atoms with van der Waals surface area (Å²) in [5.74, 6) is -0.315. The fraction of sp³-hybridized carbons (Fsp3) is 0.190. The van der Waals surface area contributed by atoms with Gasteiger partial charge in [-0.25, -0.2) is 9.78 Å². The van der Waals surface area contributed by atoms with E-state index in [1.54, 1.807) is 6.33 Å². The molecule has 142 valence electrons. The number of rotatable bonds is 4. The average Bonchev–Trinajstić information content (AvgIpc) is 3.18. The van der Waals surface area contributed by atoms with Gasteiger partial charge in [-0.05, 0) is 23.8 Å². The molecule has 2 heterocycles. The number of anilines is 2. The van der Waals surface area contributed by atoms with Crippen LogP contribution in [0.25, 0.3) is 5.69 Å². The van der Waals surface area contributed by atoms with Gasteiger partial charge in [0.15, 0.2) is 11.5 Å². The minimum Gasteiger partial charge on any atom is -0.469 e. The molecule has 1 aliphatic rings. The highest BCUT2D eigenvalue weighted by Gasteiger charge is 2.37. The maximum absolute atomic E-state index is 12.4. The number of esters is 2. The number of hydrogen-bond donors (Lipinski definition) is 0. The molecule has 7 heteroatoms. The Balaban J connectivity index is 1.99. The van der Waals surface area contributed by atoms with Crippen molar-refractivity contribution in [1.82, 2.24) is 9.55 Å². The molecule has 28 heavy (non-hydrogen) atoms. The number of methoxy groups -OCH3 is 2. The Bertz CT molecular complexity index is 1030. The number of benzene rings is 2. The number of carbonyl (C=O) groups excluding carboxylic acids is 2. The lowest BCUT2D eigenvalue weighted by atomic mass is 9.96. The third-order valence-corrected chi connectivity index (χ3v) is 4.84. The molecule has 0 N–H and O–H groups in total. The molecule has 0 radical (unpaired) electrons. The Morgan fingerprint density at radius 3 is 2.43 bits per heavy atom. The van der Waals surface area contributed by atoms with Crippen LogP contribution in [0.4, 0.5) is 11.5 Å². The van der Waals surface area contributed by atoms with Gasteiger partial charge in [0.05, 0.1) is 32.4 Å². The van der Waals surface area contributed by atoms with Gasteiger partial charge >= 0.3 is 11.9 Å². The van der Waals surface area contributed by atoms with Crippen LogP contribution in [0.2, 0.25) is 0 Å². The molecule has 1 aromatic heterocycles. The van der Waals surface area contributed by atoms with Gasteiger partial charge in [0, 0.05) is 5.69 Å². The zero-order chi connectivity index (χ0) is 19.7. The van der Waals surface area contributed by atoms with Crippen molar-refractivity contribution in [2.45, 2.75) is 12.5 Å². The van der Waals surface area contributed by atoms with Gasteiger partial charge in [0.2, 0.25) is 0 Å². The molecule has 3 aromatic rings. The molecule has 1 unspecified atom stereocenters. The third-order valence-electron chi connectivity index (χ3n) is 4.84. The number of aromatic nitrogens is 2. The van der Waals surface area contributed by atoms with E-state index in [4.69, 9.17) is 9.47 Å². The van der Waals surface area contributed by atoms with Crippen molar-refractivity contribution < 1.29 is 19.1 Å². The van der Waals surface area contributed by atoms with Crippen molar-refractivity contribution in [3.63, 3.8) is 0 Å². The lowest BCUT2D eigenvalue weighted by Crippen LogP contribution is -2.33. The standard InChI is InChI=1S/C21H19N3O4/c1-27-18(25)12-17-15-10-6-7-11-16(15)23-13-22-19(21(26)28-2)20(23)24(17)14-8-4-3-5-9-14/h3-11,13,17H,12H2,1-2H3. The van der Waals surface area contributed by atoms with Crippen LogP contribution >= 0.6 is 0 Å². The summed E-state index contributed by atoms with van der Waals surface area (Å²) in [7, 11) is 2.69. The van der Waals surface area contributed by atoms with E-state index < -0.39 is 5.97 Å². The maximum atomic E-state index is 12.4. The zero-order valence-electron chi connectivity index (χ0n) is 15.5. The number of hydrogen-bond acceptors (Lipinski definition) is 6. The third kappa shape index (κ3) is 2.81. The van der Waals surface area contributed by atoms with Crippen LogP contribution in [0.3, 0.4) is 0 Å². The van der Waals surface area contributed by atoms with Crippen LogP contribution in [0.5, 0.6) is 0 Å². The second kappa shape index (κ2) is 7.19. The largest absolute Gasteiger partial charge is 0.469 e. The van der Waals surface area contributed by atoms with Crippen LogP contribution in [-0.4, -0.2) is 35.7 Å². The van der Waals surface area contributed by atoms with Crippen molar-refractivity contribution in [3.05, 3.63) is 72.2 Å². The van der Waals surface area contributed by atoms with Crippen LogP contribution in [0.1, 0.15) is 28.5 Å². The van der Waals surface area contributed by atoms with Gasteiger partial charge < -0.3 is 14.4 Å². The Hall–Kier alpha value is -3.61. The summed E-state index contributed by atoms with van der Waals surface area (Å²) in [6.45, 7) is 0. The number of nitrogens with zero attached hydrogens (tertiary/aromatic N) is 3. The van der Waals surface area contributed by atoms with Gasteiger partial charge in [0.25, 0.3) is 0 Å². The van der Waals surface area contributed by atoms with E-state index in [1.807, 2.05) is 64.1 Å². The van der Waals surface area contributed by atoms with Gasteiger partial charge in [0.1, 0.15) is 6.33 Å².